The van der Waals surface area contributed by atoms with Gasteiger partial charge in [0.2, 0.25) is 0 Å². The molecule has 2 aliphatic heterocycles. The summed E-state index contributed by atoms with van der Waals surface area (Å²) in [5.74, 6) is 1.48. The van der Waals surface area contributed by atoms with Crippen molar-refractivity contribution in [2.45, 2.75) is 37.7 Å². The third-order valence-corrected chi connectivity index (χ3v) is 7.86. The minimum atomic E-state index is -0.593. The number of benzene rings is 3. The van der Waals surface area contributed by atoms with Gasteiger partial charge in [0.25, 0.3) is 5.91 Å². The predicted molar refractivity (Wildman–Crippen MR) is 145 cm³/mol. The molecule has 0 saturated carbocycles. The number of hydrogen-bond donors (Lipinski definition) is 1. The Hall–Kier alpha value is -3.35. The Balaban J connectivity index is 1.02. The van der Waals surface area contributed by atoms with Gasteiger partial charge in [-0.1, -0.05) is 48.5 Å². The standard InChI is InChI=1S/C31H34N2O4/c34-26(20-32-16-12-23(13-17-32)25-11-10-22-6-1-2-7-24(22)18-25)21-36-28-8-5-9-29-27(28)19-30(37-29)31(35)33-14-3-4-15-33/h1-2,5-11,18-19,23,26,34H,3-4,12-17,20-21H2/t26-/m0/s1. The summed E-state index contributed by atoms with van der Waals surface area (Å²) in [5.41, 5.74) is 2.04. The lowest BCUT2D eigenvalue weighted by molar-refractivity contribution is 0.0599. The van der Waals surface area contributed by atoms with Gasteiger partial charge in [-0.15, -0.1) is 0 Å². The van der Waals surface area contributed by atoms with Crippen LogP contribution in [0.15, 0.2) is 71.1 Å². The summed E-state index contributed by atoms with van der Waals surface area (Å²) in [6, 6.07) is 22.7. The van der Waals surface area contributed by atoms with E-state index in [1.54, 1.807) is 6.07 Å². The van der Waals surface area contributed by atoms with Crippen LogP contribution in [0.1, 0.15) is 47.7 Å². The highest BCUT2D eigenvalue weighted by Crippen LogP contribution is 2.32. The van der Waals surface area contributed by atoms with Crippen LogP contribution in [0.25, 0.3) is 21.7 Å². The van der Waals surface area contributed by atoms with Gasteiger partial charge in [-0.05, 0) is 73.2 Å². The number of nitrogens with zero attached hydrogens (tertiary/aromatic N) is 2. The minimum Gasteiger partial charge on any atom is -0.490 e. The molecule has 1 aromatic heterocycles. The second-order valence-corrected chi connectivity index (χ2v) is 10.4. The van der Waals surface area contributed by atoms with Crippen LogP contribution >= 0.6 is 0 Å². The number of amides is 1. The molecule has 1 amide bonds. The normalized spacial score (nSPS) is 18.0. The summed E-state index contributed by atoms with van der Waals surface area (Å²) in [6.07, 6.45) is 3.67. The number of hydrogen-bond acceptors (Lipinski definition) is 5. The van der Waals surface area contributed by atoms with Gasteiger partial charge in [-0.3, -0.25) is 4.79 Å². The van der Waals surface area contributed by atoms with E-state index in [9.17, 15) is 9.90 Å². The fourth-order valence-electron chi connectivity index (χ4n) is 5.79. The number of β-amino-alcohol motifs (C(OH)–C–C–N with tert-alkyl or cyclic N) is 1. The van der Waals surface area contributed by atoms with E-state index in [1.165, 1.54) is 16.3 Å². The van der Waals surface area contributed by atoms with E-state index in [1.807, 2.05) is 23.1 Å². The maximum Gasteiger partial charge on any atom is 0.289 e. The largest absolute Gasteiger partial charge is 0.490 e. The maximum atomic E-state index is 12.7. The first-order valence-electron chi connectivity index (χ1n) is 13.5. The maximum absolute atomic E-state index is 12.7. The smallest absolute Gasteiger partial charge is 0.289 e. The number of furan rings is 1. The van der Waals surface area contributed by atoms with Gasteiger partial charge >= 0.3 is 0 Å². The molecule has 0 spiro atoms. The Morgan fingerprint density at radius 2 is 1.73 bits per heavy atom. The highest BCUT2D eigenvalue weighted by molar-refractivity contribution is 5.97. The van der Waals surface area contributed by atoms with E-state index in [-0.39, 0.29) is 12.5 Å². The zero-order valence-electron chi connectivity index (χ0n) is 21.1. The molecule has 6 rings (SSSR count). The number of piperidine rings is 1. The molecule has 1 atom stereocenters. The van der Waals surface area contributed by atoms with Crippen molar-refractivity contribution >= 4 is 27.6 Å². The second-order valence-electron chi connectivity index (χ2n) is 10.4. The van der Waals surface area contributed by atoms with E-state index < -0.39 is 6.10 Å². The van der Waals surface area contributed by atoms with Crippen LogP contribution in [0.4, 0.5) is 0 Å². The van der Waals surface area contributed by atoms with Crippen molar-refractivity contribution in [1.82, 2.24) is 9.80 Å². The van der Waals surface area contributed by atoms with Gasteiger partial charge in [-0.2, -0.15) is 0 Å². The molecule has 0 radical (unpaired) electrons. The molecule has 37 heavy (non-hydrogen) atoms. The van der Waals surface area contributed by atoms with Gasteiger partial charge < -0.3 is 24.1 Å². The molecule has 4 aromatic rings. The Morgan fingerprint density at radius 3 is 2.54 bits per heavy atom. The van der Waals surface area contributed by atoms with Crippen molar-refractivity contribution in [3.63, 3.8) is 0 Å². The predicted octanol–water partition coefficient (Wildman–Crippen LogP) is 5.44. The average molecular weight is 499 g/mol. The van der Waals surface area contributed by atoms with Crippen molar-refractivity contribution in [3.05, 3.63) is 78.1 Å². The summed E-state index contributed by atoms with van der Waals surface area (Å²) in [7, 11) is 0. The number of carbonyl (C=O) groups is 1. The van der Waals surface area contributed by atoms with Crippen LogP contribution < -0.4 is 4.74 Å². The quantitative estimate of drug-likeness (QED) is 0.368. The Labute approximate surface area is 217 Å². The highest BCUT2D eigenvalue weighted by atomic mass is 16.5. The van der Waals surface area contributed by atoms with Gasteiger partial charge in [-0.25, -0.2) is 0 Å². The lowest BCUT2D eigenvalue weighted by Gasteiger charge is -2.33. The van der Waals surface area contributed by atoms with E-state index in [0.29, 0.717) is 29.6 Å². The molecule has 2 fully saturated rings. The molecule has 6 heteroatoms. The molecule has 3 heterocycles. The number of aliphatic hydroxyl groups is 1. The number of rotatable bonds is 7. The van der Waals surface area contributed by atoms with Crippen LogP contribution in [-0.2, 0) is 0 Å². The average Bonchev–Trinajstić information content (AvgIpc) is 3.63. The molecule has 3 aromatic carbocycles. The number of fused-ring (bicyclic) bond motifs is 2. The lowest BCUT2D eigenvalue weighted by atomic mass is 9.88. The zero-order valence-corrected chi connectivity index (χ0v) is 21.1. The minimum absolute atomic E-state index is 0.0632. The Kier molecular flexibility index (Phi) is 6.85. The van der Waals surface area contributed by atoms with Gasteiger partial charge in [0.05, 0.1) is 5.39 Å². The van der Waals surface area contributed by atoms with E-state index >= 15 is 0 Å². The first-order chi connectivity index (χ1) is 18.1. The van der Waals surface area contributed by atoms with E-state index in [0.717, 1.165) is 57.2 Å². The molecule has 192 valence electrons. The molecule has 2 saturated heterocycles. The van der Waals surface area contributed by atoms with E-state index in [4.69, 9.17) is 9.15 Å². The van der Waals surface area contributed by atoms with Crippen molar-refractivity contribution in [2.75, 3.05) is 39.3 Å². The fraction of sp³-hybridized carbons (Fsp3) is 0.387. The Bertz CT molecular complexity index is 1380. The second kappa shape index (κ2) is 10.6. The van der Waals surface area contributed by atoms with Gasteiger partial charge in [0.1, 0.15) is 24.0 Å². The number of likely N-dealkylation sites (tertiary alicyclic amines) is 2. The van der Waals surface area contributed by atoms with Crippen LogP contribution in [0.3, 0.4) is 0 Å². The monoisotopic (exact) mass is 498 g/mol. The molecular formula is C31H34N2O4. The van der Waals surface area contributed by atoms with Crippen molar-refractivity contribution in [1.29, 1.82) is 0 Å². The summed E-state index contributed by atoms with van der Waals surface area (Å²) in [4.78, 5) is 16.9. The summed E-state index contributed by atoms with van der Waals surface area (Å²) < 4.78 is 11.9. The van der Waals surface area contributed by atoms with Crippen LogP contribution in [-0.4, -0.2) is 66.2 Å². The summed E-state index contributed by atoms with van der Waals surface area (Å²) in [6.45, 7) is 4.28. The van der Waals surface area contributed by atoms with Crippen LogP contribution in [0.2, 0.25) is 0 Å². The van der Waals surface area contributed by atoms with Crippen LogP contribution in [0.5, 0.6) is 5.75 Å². The first-order valence-corrected chi connectivity index (χ1v) is 13.5. The topological polar surface area (TPSA) is 66.2 Å². The molecule has 1 N–H and O–H groups in total. The molecule has 0 aliphatic carbocycles. The lowest BCUT2D eigenvalue weighted by Crippen LogP contribution is -2.40. The molecule has 0 bridgehead atoms. The van der Waals surface area contributed by atoms with Crippen molar-refractivity contribution in [3.8, 4) is 5.75 Å². The summed E-state index contributed by atoms with van der Waals surface area (Å²) >= 11 is 0. The SMILES string of the molecule is O=C(c1cc2c(OC[C@@H](O)CN3CCC(c4ccc5ccccc5c4)CC3)cccc2o1)N1CCCC1. The van der Waals surface area contributed by atoms with Crippen molar-refractivity contribution in [2.24, 2.45) is 0 Å². The van der Waals surface area contributed by atoms with Gasteiger partial charge in [0, 0.05) is 25.7 Å². The zero-order chi connectivity index (χ0) is 25.2. The third-order valence-electron chi connectivity index (χ3n) is 7.86. The summed E-state index contributed by atoms with van der Waals surface area (Å²) in [5, 5.41) is 14.1. The van der Waals surface area contributed by atoms with Crippen LogP contribution in [0, 0.1) is 0 Å². The Morgan fingerprint density at radius 1 is 0.946 bits per heavy atom. The van der Waals surface area contributed by atoms with Gasteiger partial charge in [0.15, 0.2) is 5.76 Å². The number of aliphatic hydroxyl groups excluding tert-OH is 1. The number of carbonyl (C=O) groups excluding carboxylic acids is 1. The molecule has 2 aliphatic rings. The number of ether oxygens (including phenoxy) is 1. The molecule has 0 unspecified atom stereocenters. The molecular weight excluding hydrogens is 464 g/mol. The first kappa shape index (κ1) is 24.0. The van der Waals surface area contributed by atoms with E-state index in [2.05, 4.69) is 47.4 Å². The fourth-order valence-corrected chi connectivity index (χ4v) is 5.79. The highest BCUT2D eigenvalue weighted by Gasteiger charge is 2.25. The third kappa shape index (κ3) is 5.22. The molecule has 6 nitrogen and oxygen atoms in total. The van der Waals surface area contributed by atoms with Crippen molar-refractivity contribution < 1.29 is 19.1 Å².